The molecule has 0 spiro atoms. The first-order chi connectivity index (χ1) is 18.9. The van der Waals surface area contributed by atoms with Gasteiger partial charge in [-0.1, -0.05) is 6.07 Å². The molecular formula is C23H14F3N6Na2O7P. The van der Waals surface area contributed by atoms with E-state index in [0.29, 0.717) is 11.6 Å². The van der Waals surface area contributed by atoms with Crippen LogP contribution in [0.15, 0.2) is 64.6 Å². The summed E-state index contributed by atoms with van der Waals surface area (Å²) in [5.74, 6) is 0.138. The van der Waals surface area contributed by atoms with Crippen molar-refractivity contribution in [3.63, 3.8) is 0 Å². The summed E-state index contributed by atoms with van der Waals surface area (Å²) in [6.45, 7) is -1.73. The Kier molecular flexibility index (Phi) is 10.7. The van der Waals surface area contributed by atoms with Crippen LogP contribution < -0.4 is 80.2 Å². The number of aliphatic hydroxyl groups excluding tert-OH is 1. The molecule has 0 unspecified atom stereocenters. The van der Waals surface area contributed by atoms with Crippen LogP contribution in [0.1, 0.15) is 11.4 Å². The van der Waals surface area contributed by atoms with Crippen LogP contribution in [0.2, 0.25) is 0 Å². The number of phosphoric ester groups is 1. The summed E-state index contributed by atoms with van der Waals surface area (Å²) in [5.41, 5.74) is -3.45. The third kappa shape index (κ3) is 6.90. The Balaban J connectivity index is 0.00000242. The van der Waals surface area contributed by atoms with Crippen molar-refractivity contribution in [1.82, 2.24) is 29.1 Å². The molecule has 0 aliphatic rings. The molecule has 5 rings (SSSR count). The minimum atomic E-state index is -5.65. The minimum absolute atomic E-state index is 0. The van der Waals surface area contributed by atoms with Gasteiger partial charge in [0.15, 0.2) is 5.82 Å². The fraction of sp³-hybridized carbons (Fsp3) is 0.130. The van der Waals surface area contributed by atoms with Crippen LogP contribution in [0, 0.1) is 0 Å². The average Bonchev–Trinajstić information content (AvgIpc) is 2.92. The second-order valence-electron chi connectivity index (χ2n) is 8.24. The number of aromatic nitrogens is 6. The molecule has 0 saturated heterocycles. The molecule has 42 heavy (non-hydrogen) atoms. The van der Waals surface area contributed by atoms with E-state index in [2.05, 4.69) is 24.5 Å². The van der Waals surface area contributed by atoms with Gasteiger partial charge in [0.2, 0.25) is 0 Å². The van der Waals surface area contributed by atoms with Crippen LogP contribution in [0.3, 0.4) is 0 Å². The predicted octanol–water partition coefficient (Wildman–Crippen LogP) is -5.13. The summed E-state index contributed by atoms with van der Waals surface area (Å²) < 4.78 is 56.7. The average molecular weight is 620 g/mol. The molecule has 0 aliphatic heterocycles. The van der Waals surface area contributed by atoms with Crippen molar-refractivity contribution in [2.24, 2.45) is 0 Å². The molecule has 0 saturated carbocycles. The number of nitrogens with zero attached hydrogens (tertiary/aromatic N) is 6. The summed E-state index contributed by atoms with van der Waals surface area (Å²) in [4.78, 5) is 65.4. The van der Waals surface area contributed by atoms with Crippen molar-refractivity contribution in [3.8, 4) is 16.9 Å². The van der Waals surface area contributed by atoms with Gasteiger partial charge in [-0.15, -0.1) is 0 Å². The maximum Gasteiger partial charge on any atom is 1.00 e. The first-order valence-electron chi connectivity index (χ1n) is 11.1. The Bertz CT molecular complexity index is 1950. The first kappa shape index (κ1) is 34.2. The van der Waals surface area contributed by atoms with Crippen LogP contribution in [-0.2, 0) is 28.6 Å². The van der Waals surface area contributed by atoms with Crippen molar-refractivity contribution in [3.05, 3.63) is 87.2 Å². The number of pyridine rings is 2. The molecular weight excluding hydrogens is 606 g/mol. The van der Waals surface area contributed by atoms with E-state index in [-0.39, 0.29) is 103 Å². The van der Waals surface area contributed by atoms with E-state index in [1.165, 1.54) is 24.5 Å². The number of hydrogen-bond donors (Lipinski definition) is 1. The zero-order valence-corrected chi connectivity index (χ0v) is 26.7. The third-order valence-corrected chi connectivity index (χ3v) is 6.16. The van der Waals surface area contributed by atoms with Gasteiger partial charge in [-0.3, -0.25) is 14.3 Å². The van der Waals surface area contributed by atoms with Gasteiger partial charge in [0, 0.05) is 24.2 Å². The van der Waals surface area contributed by atoms with E-state index in [0.717, 1.165) is 29.0 Å². The van der Waals surface area contributed by atoms with Crippen molar-refractivity contribution < 1.29 is 96.3 Å². The molecule has 0 atom stereocenters. The van der Waals surface area contributed by atoms with E-state index in [1.807, 2.05) is 0 Å². The zero-order valence-electron chi connectivity index (χ0n) is 21.8. The van der Waals surface area contributed by atoms with Gasteiger partial charge in [0.1, 0.15) is 18.9 Å². The number of phosphoric acid groups is 1. The van der Waals surface area contributed by atoms with Crippen molar-refractivity contribution in [2.45, 2.75) is 19.5 Å². The summed E-state index contributed by atoms with van der Waals surface area (Å²) in [6.07, 6.45) is -1.03. The van der Waals surface area contributed by atoms with Gasteiger partial charge in [0.25, 0.3) is 5.56 Å². The van der Waals surface area contributed by atoms with Crippen LogP contribution in [0.5, 0.6) is 0 Å². The Morgan fingerprint density at radius 3 is 2.31 bits per heavy atom. The second-order valence-corrected chi connectivity index (χ2v) is 9.39. The van der Waals surface area contributed by atoms with Gasteiger partial charge < -0.3 is 24.0 Å². The first-order valence-corrected chi connectivity index (χ1v) is 12.5. The number of rotatable bonds is 6. The topological polar surface area (TPSA) is 188 Å². The molecule has 0 bridgehead atoms. The third-order valence-electron chi connectivity index (χ3n) is 5.73. The van der Waals surface area contributed by atoms with Crippen molar-refractivity contribution in [2.75, 3.05) is 0 Å². The predicted molar refractivity (Wildman–Crippen MR) is 128 cm³/mol. The van der Waals surface area contributed by atoms with Crippen LogP contribution in [0.4, 0.5) is 13.2 Å². The van der Waals surface area contributed by atoms with Crippen molar-refractivity contribution >= 4 is 29.8 Å². The number of halogens is 3. The summed E-state index contributed by atoms with van der Waals surface area (Å²) in [6, 6.07) is 6.63. The molecule has 0 aliphatic carbocycles. The molecule has 13 nitrogen and oxygen atoms in total. The number of aliphatic hydroxyl groups is 1. The summed E-state index contributed by atoms with van der Waals surface area (Å²) in [7, 11) is -5.65. The molecule has 206 valence electrons. The Morgan fingerprint density at radius 1 is 1.00 bits per heavy atom. The monoisotopic (exact) mass is 620 g/mol. The number of benzene rings is 1. The summed E-state index contributed by atoms with van der Waals surface area (Å²) >= 11 is 0. The fourth-order valence-corrected chi connectivity index (χ4v) is 4.17. The van der Waals surface area contributed by atoms with Crippen molar-refractivity contribution in [1.29, 1.82) is 0 Å². The Morgan fingerprint density at radius 2 is 1.69 bits per heavy atom. The molecule has 0 fully saturated rings. The number of alkyl halides is 3. The quantitative estimate of drug-likeness (QED) is 0.109. The standard InChI is InChI=1S/C23H16F3N6O7P.2Na/c24-23(25,26)13-2-1-3-14(6-13)32-20-15(21(34)31(22(32)35)11-39-40(36,37)38)9-27-17-5-4-16(30-19(17)20)12-7-28-18(10-33)29-8-12;;/h1-9,33H,10-11H2,(H2,36,37,38);;/q;2*+1/p-2. The fourth-order valence-electron chi connectivity index (χ4n) is 3.92. The second kappa shape index (κ2) is 13.1. The van der Waals surface area contributed by atoms with Gasteiger partial charge >= 0.3 is 71.0 Å². The molecule has 1 aromatic carbocycles. The normalized spacial score (nSPS) is 11.8. The van der Waals surface area contributed by atoms with Crippen LogP contribution in [-0.4, -0.2) is 34.2 Å². The van der Waals surface area contributed by atoms with E-state index in [1.54, 1.807) is 0 Å². The number of hydrogen-bond acceptors (Lipinski definition) is 11. The van der Waals surface area contributed by atoms with Crippen LogP contribution >= 0.6 is 7.82 Å². The smallest absolute Gasteiger partial charge is 0.790 e. The van der Waals surface area contributed by atoms with E-state index < -0.39 is 44.1 Å². The maximum atomic E-state index is 13.5. The molecule has 5 aromatic rings. The van der Waals surface area contributed by atoms with E-state index in [4.69, 9.17) is 0 Å². The SMILES string of the molecule is O=c1c2cnc3ccc(-c4cnc(CO)nc4)nc3c2n(-c2cccc(C(F)(F)F)c2)c(=O)n1COP(=O)([O-])[O-].[Na+].[Na+]. The minimum Gasteiger partial charge on any atom is -0.790 e. The zero-order chi connectivity index (χ0) is 28.8. The largest absolute Gasteiger partial charge is 1.00 e. The Hall–Kier alpha value is -2.34. The van der Waals surface area contributed by atoms with E-state index in [9.17, 15) is 42.2 Å². The molecule has 4 aromatic heterocycles. The summed E-state index contributed by atoms with van der Waals surface area (Å²) in [5, 5.41) is 8.85. The molecule has 19 heteroatoms. The molecule has 0 amide bonds. The molecule has 4 heterocycles. The molecule has 0 radical (unpaired) electrons. The van der Waals surface area contributed by atoms with Gasteiger partial charge in [-0.2, -0.15) is 13.2 Å². The maximum absolute atomic E-state index is 13.5. The molecule has 1 N–H and O–H groups in total. The van der Waals surface area contributed by atoms with E-state index >= 15 is 0 Å². The van der Waals surface area contributed by atoms with Gasteiger partial charge in [0.05, 0.1) is 41.2 Å². The van der Waals surface area contributed by atoms with Crippen LogP contribution in [0.25, 0.3) is 38.9 Å². The van der Waals surface area contributed by atoms with Gasteiger partial charge in [-0.05, 0) is 30.3 Å². The number of fused-ring (bicyclic) bond motifs is 3. The van der Waals surface area contributed by atoms with Gasteiger partial charge in [-0.25, -0.2) is 24.3 Å². The Labute approximate surface area is 276 Å².